The number of ether oxygens (including phenoxy) is 1. The van der Waals surface area contributed by atoms with Gasteiger partial charge in [-0.05, 0) is 65.4 Å². The zero-order chi connectivity index (χ0) is 28.3. The summed E-state index contributed by atoms with van der Waals surface area (Å²) in [6, 6.07) is 12.3. The van der Waals surface area contributed by atoms with Gasteiger partial charge < -0.3 is 9.84 Å². The van der Waals surface area contributed by atoms with Gasteiger partial charge in [-0.2, -0.15) is 0 Å². The van der Waals surface area contributed by atoms with Crippen LogP contribution in [0.3, 0.4) is 0 Å². The molecule has 2 aromatic rings. The Morgan fingerprint density at radius 1 is 1.07 bits per heavy atom. The van der Waals surface area contributed by atoms with Crippen LogP contribution >= 0.6 is 27.5 Å². The monoisotopic (exact) mass is 621 g/mol. The molecule has 4 aliphatic rings. The van der Waals surface area contributed by atoms with Crippen molar-refractivity contribution in [2.24, 2.45) is 17.8 Å². The molecule has 9 heteroatoms. The minimum atomic E-state index is -0.692. The van der Waals surface area contributed by atoms with Crippen molar-refractivity contribution in [1.29, 1.82) is 0 Å². The molecule has 1 N–H and O–H groups in total. The Balaban J connectivity index is 1.48. The minimum absolute atomic E-state index is 0.0577. The van der Waals surface area contributed by atoms with Crippen LogP contribution in [-0.2, 0) is 19.2 Å². The Morgan fingerprint density at radius 3 is 2.60 bits per heavy atom. The molecule has 0 unspecified atom stereocenters. The molecule has 204 valence electrons. The SMILES string of the molecule is Cc1ccc(N2C(=O)[C@H]3[C@H](CC=C4[C@H](c5ccccc5OCCO)C5=C(C[C@H]43)C(=O)C(Br)=CC5=O)C2=O)cc1Cl. The molecule has 3 aliphatic carbocycles. The summed E-state index contributed by atoms with van der Waals surface area (Å²) in [5, 5.41) is 9.84. The zero-order valence-corrected chi connectivity index (χ0v) is 23.9. The number of aliphatic hydroxyl groups is 1. The van der Waals surface area contributed by atoms with Crippen LogP contribution in [0.25, 0.3) is 0 Å². The number of hydrogen-bond donors (Lipinski definition) is 1. The fourth-order valence-electron chi connectivity index (χ4n) is 6.54. The first-order valence-electron chi connectivity index (χ1n) is 13.1. The second kappa shape index (κ2) is 10.3. The number of carbonyl (C=O) groups excluding carboxylic acids is 4. The van der Waals surface area contributed by atoms with Gasteiger partial charge in [-0.15, -0.1) is 0 Å². The van der Waals surface area contributed by atoms with Gasteiger partial charge in [0.05, 0.1) is 28.6 Å². The van der Waals surface area contributed by atoms with Crippen molar-refractivity contribution in [2.75, 3.05) is 18.1 Å². The highest BCUT2D eigenvalue weighted by Gasteiger charge is 2.57. The molecule has 7 nitrogen and oxygen atoms in total. The molecule has 2 amide bonds. The van der Waals surface area contributed by atoms with Crippen LogP contribution in [0.2, 0.25) is 5.02 Å². The van der Waals surface area contributed by atoms with Crippen LogP contribution in [0, 0.1) is 24.7 Å². The Morgan fingerprint density at radius 2 is 1.85 bits per heavy atom. The van der Waals surface area contributed by atoms with Crippen molar-refractivity contribution < 1.29 is 29.0 Å². The van der Waals surface area contributed by atoms with E-state index in [4.69, 9.17) is 16.3 Å². The molecule has 0 saturated carbocycles. The van der Waals surface area contributed by atoms with Crippen molar-refractivity contribution >= 4 is 56.6 Å². The van der Waals surface area contributed by atoms with E-state index in [1.807, 2.05) is 25.1 Å². The summed E-state index contributed by atoms with van der Waals surface area (Å²) >= 11 is 9.58. The number of ketones is 2. The third-order valence-electron chi connectivity index (χ3n) is 8.32. The number of hydrogen-bond acceptors (Lipinski definition) is 6. The molecule has 1 heterocycles. The number of carbonyl (C=O) groups is 4. The van der Waals surface area contributed by atoms with E-state index < -0.39 is 23.7 Å². The molecule has 6 rings (SSSR count). The van der Waals surface area contributed by atoms with E-state index in [0.29, 0.717) is 39.6 Å². The number of allylic oxidation sites excluding steroid dienone is 6. The molecule has 2 aromatic carbocycles. The van der Waals surface area contributed by atoms with Gasteiger partial charge >= 0.3 is 0 Å². The summed E-state index contributed by atoms with van der Waals surface area (Å²) < 4.78 is 6.01. The quantitative estimate of drug-likeness (QED) is 0.287. The predicted octanol–water partition coefficient (Wildman–Crippen LogP) is 4.99. The number of fused-ring (bicyclic) bond motifs is 3. The number of anilines is 1. The van der Waals surface area contributed by atoms with Gasteiger partial charge in [0.2, 0.25) is 11.8 Å². The van der Waals surface area contributed by atoms with Crippen LogP contribution in [0.1, 0.15) is 29.9 Å². The number of nitrogens with zero attached hydrogens (tertiary/aromatic N) is 1. The second-order valence-electron chi connectivity index (χ2n) is 10.4. The fourth-order valence-corrected chi connectivity index (χ4v) is 7.17. The summed E-state index contributed by atoms with van der Waals surface area (Å²) in [7, 11) is 0. The highest BCUT2D eigenvalue weighted by atomic mass is 79.9. The average Bonchev–Trinajstić information content (AvgIpc) is 3.20. The van der Waals surface area contributed by atoms with Crippen molar-refractivity contribution in [3.8, 4) is 5.75 Å². The zero-order valence-electron chi connectivity index (χ0n) is 21.5. The van der Waals surface area contributed by atoms with E-state index >= 15 is 0 Å². The van der Waals surface area contributed by atoms with E-state index in [2.05, 4.69) is 15.9 Å². The van der Waals surface area contributed by atoms with E-state index in [9.17, 15) is 24.3 Å². The summed E-state index contributed by atoms with van der Waals surface area (Å²) in [5.74, 6) is -3.10. The van der Waals surface area contributed by atoms with Gasteiger partial charge in [0.1, 0.15) is 12.4 Å². The van der Waals surface area contributed by atoms with Crippen LogP contribution in [-0.4, -0.2) is 41.7 Å². The second-order valence-corrected chi connectivity index (χ2v) is 11.7. The van der Waals surface area contributed by atoms with Crippen molar-refractivity contribution in [3.05, 3.63) is 92.0 Å². The van der Waals surface area contributed by atoms with Crippen molar-refractivity contribution in [3.63, 3.8) is 0 Å². The highest BCUT2D eigenvalue weighted by molar-refractivity contribution is 9.12. The molecule has 0 bridgehead atoms. The first-order valence-corrected chi connectivity index (χ1v) is 14.3. The smallest absolute Gasteiger partial charge is 0.238 e. The van der Waals surface area contributed by atoms with E-state index in [-0.39, 0.29) is 47.5 Å². The number of aryl methyl sites for hydroxylation is 1. The van der Waals surface area contributed by atoms with E-state index in [1.165, 1.54) is 11.0 Å². The first kappa shape index (κ1) is 26.9. The standard InChI is InChI=1S/C31H25BrClNO6/c1-15-6-7-16(12-23(15)33)34-30(38)19-9-8-17-20(27(19)31(34)39)13-21-28(24(36)14-22(32)29(21)37)26(17)18-4-2-3-5-25(18)40-11-10-35/h2-8,12,14,19-20,26-27,35H,9-11,13H2,1H3/t19-,20+,26+,27-/m0/s1. The molecule has 0 aromatic heterocycles. The number of aliphatic hydroxyl groups excluding tert-OH is 1. The third kappa shape index (κ3) is 4.12. The Labute approximate surface area is 244 Å². The molecular weight excluding hydrogens is 598 g/mol. The lowest BCUT2D eigenvalue weighted by Gasteiger charge is -2.42. The van der Waals surface area contributed by atoms with Gasteiger partial charge in [0, 0.05) is 33.7 Å². The van der Waals surface area contributed by atoms with Gasteiger partial charge in [0.15, 0.2) is 11.6 Å². The maximum Gasteiger partial charge on any atom is 0.238 e. The number of para-hydroxylation sites is 1. The summed E-state index contributed by atoms with van der Waals surface area (Å²) in [4.78, 5) is 55.7. The van der Waals surface area contributed by atoms with Gasteiger partial charge in [0.25, 0.3) is 0 Å². The number of imide groups is 1. The lowest BCUT2D eigenvalue weighted by Crippen LogP contribution is -2.39. The molecular formula is C31H25BrClNO6. The van der Waals surface area contributed by atoms with Crippen LogP contribution < -0.4 is 9.64 Å². The minimum Gasteiger partial charge on any atom is -0.491 e. The van der Waals surface area contributed by atoms with E-state index in [0.717, 1.165) is 11.1 Å². The predicted molar refractivity (Wildman–Crippen MR) is 152 cm³/mol. The van der Waals surface area contributed by atoms with Crippen LogP contribution in [0.15, 0.2) is 75.8 Å². The molecule has 1 aliphatic heterocycles. The number of benzene rings is 2. The Kier molecular flexibility index (Phi) is 6.89. The van der Waals surface area contributed by atoms with Gasteiger partial charge in [-0.1, -0.05) is 47.5 Å². The third-order valence-corrected chi connectivity index (χ3v) is 9.32. The lowest BCUT2D eigenvalue weighted by atomic mass is 9.59. The number of rotatable bonds is 5. The lowest BCUT2D eigenvalue weighted by molar-refractivity contribution is -0.123. The Bertz CT molecular complexity index is 1590. The molecule has 4 atom stereocenters. The van der Waals surface area contributed by atoms with Crippen LogP contribution in [0.5, 0.6) is 5.75 Å². The largest absolute Gasteiger partial charge is 0.491 e. The first-order chi connectivity index (χ1) is 19.2. The molecule has 0 radical (unpaired) electrons. The number of halogens is 2. The fraction of sp³-hybridized carbons (Fsp3) is 0.290. The summed E-state index contributed by atoms with van der Waals surface area (Å²) in [6.07, 6.45) is 3.77. The average molecular weight is 623 g/mol. The topological polar surface area (TPSA) is 101 Å². The van der Waals surface area contributed by atoms with Gasteiger partial charge in [-0.25, -0.2) is 4.90 Å². The van der Waals surface area contributed by atoms with Crippen LogP contribution in [0.4, 0.5) is 5.69 Å². The molecule has 1 saturated heterocycles. The highest BCUT2D eigenvalue weighted by Crippen LogP contribution is 2.56. The van der Waals surface area contributed by atoms with Crippen molar-refractivity contribution in [1.82, 2.24) is 0 Å². The summed E-state index contributed by atoms with van der Waals surface area (Å²) in [6.45, 7) is 1.72. The maximum atomic E-state index is 14.0. The normalized spacial score (nSPS) is 25.9. The number of Topliss-reactive ketones (excluding diaryl/α,β-unsaturated/α-hetero) is 1. The molecule has 0 spiro atoms. The van der Waals surface area contributed by atoms with Crippen molar-refractivity contribution in [2.45, 2.75) is 25.7 Å². The Hall–Kier alpha value is -3.33. The summed E-state index contributed by atoms with van der Waals surface area (Å²) in [5.41, 5.74) is 3.48. The van der Waals surface area contributed by atoms with Gasteiger partial charge in [-0.3, -0.25) is 19.2 Å². The molecule has 40 heavy (non-hydrogen) atoms. The number of amides is 2. The maximum absolute atomic E-state index is 14.0. The van der Waals surface area contributed by atoms with E-state index in [1.54, 1.807) is 30.3 Å². The molecule has 1 fully saturated rings.